The van der Waals surface area contributed by atoms with Gasteiger partial charge in [-0.2, -0.15) is 4.98 Å². The summed E-state index contributed by atoms with van der Waals surface area (Å²) in [6, 6.07) is 14.0. The van der Waals surface area contributed by atoms with Gasteiger partial charge < -0.3 is 18.7 Å². The molecule has 2 aromatic carbocycles. The number of hydrogen-bond acceptors (Lipinski definition) is 7. The van der Waals surface area contributed by atoms with Gasteiger partial charge in [-0.3, -0.25) is 0 Å². The largest absolute Gasteiger partial charge is 0.497 e. The fourth-order valence-corrected chi connectivity index (χ4v) is 2.14. The number of benzene rings is 2. The zero-order valence-electron chi connectivity index (χ0n) is 13.8. The number of aromatic nitrogens is 2. The van der Waals surface area contributed by atoms with Crippen LogP contribution in [0.5, 0.6) is 11.5 Å². The van der Waals surface area contributed by atoms with Gasteiger partial charge >= 0.3 is 5.97 Å². The quantitative estimate of drug-likeness (QED) is 0.637. The Hall–Kier alpha value is -3.35. The number of hydrogen-bond donors (Lipinski definition) is 0. The van der Waals surface area contributed by atoms with Gasteiger partial charge in [0.2, 0.25) is 5.82 Å². The molecule has 3 rings (SSSR count). The molecular weight excluding hydrogens is 324 g/mol. The summed E-state index contributed by atoms with van der Waals surface area (Å²) in [7, 11) is 2.93. The maximum atomic E-state index is 11.4. The third-order valence-corrected chi connectivity index (χ3v) is 3.43. The lowest BCUT2D eigenvalue weighted by Gasteiger charge is -2.04. The Bertz CT molecular complexity index is 858. The molecule has 0 saturated carbocycles. The predicted molar refractivity (Wildman–Crippen MR) is 88.4 cm³/mol. The van der Waals surface area contributed by atoms with E-state index in [0.717, 1.165) is 5.56 Å². The van der Waals surface area contributed by atoms with Crippen molar-refractivity contribution >= 4 is 5.97 Å². The molecule has 0 spiro atoms. The molecule has 0 amide bonds. The summed E-state index contributed by atoms with van der Waals surface area (Å²) in [4.78, 5) is 15.7. The van der Waals surface area contributed by atoms with Crippen molar-refractivity contribution in [3.05, 3.63) is 60.0 Å². The number of methoxy groups -OCH3 is 2. The van der Waals surface area contributed by atoms with Crippen LogP contribution >= 0.6 is 0 Å². The molecule has 0 atom stereocenters. The van der Waals surface area contributed by atoms with Crippen LogP contribution in [0.2, 0.25) is 0 Å². The second-order valence-corrected chi connectivity index (χ2v) is 5.05. The third kappa shape index (κ3) is 3.95. The van der Waals surface area contributed by atoms with Gasteiger partial charge in [-0.15, -0.1) is 0 Å². The van der Waals surface area contributed by atoms with Gasteiger partial charge in [-0.1, -0.05) is 17.3 Å². The Morgan fingerprint density at radius 2 is 1.88 bits per heavy atom. The number of carbonyl (C=O) groups excluding carboxylic acids is 1. The zero-order valence-corrected chi connectivity index (χ0v) is 13.8. The van der Waals surface area contributed by atoms with Crippen LogP contribution in [-0.4, -0.2) is 30.3 Å². The number of ether oxygens (including phenoxy) is 3. The summed E-state index contributed by atoms with van der Waals surface area (Å²) in [5.41, 5.74) is 1.24. The fraction of sp³-hybridized carbons (Fsp3) is 0.167. The van der Waals surface area contributed by atoms with Crippen molar-refractivity contribution in [2.24, 2.45) is 0 Å². The molecule has 0 fully saturated rings. The summed E-state index contributed by atoms with van der Waals surface area (Å²) < 4.78 is 20.6. The van der Waals surface area contributed by atoms with E-state index in [4.69, 9.17) is 14.0 Å². The molecule has 25 heavy (non-hydrogen) atoms. The second kappa shape index (κ2) is 7.48. The molecule has 7 heteroatoms. The Kier molecular flexibility index (Phi) is 4.94. The zero-order chi connectivity index (χ0) is 17.6. The molecule has 0 aliphatic carbocycles. The Morgan fingerprint density at radius 1 is 1.08 bits per heavy atom. The van der Waals surface area contributed by atoms with E-state index in [1.54, 1.807) is 31.4 Å². The highest BCUT2D eigenvalue weighted by atomic mass is 16.5. The molecule has 3 aromatic rings. The van der Waals surface area contributed by atoms with E-state index < -0.39 is 5.97 Å². The lowest BCUT2D eigenvalue weighted by molar-refractivity contribution is 0.0600. The molecule has 0 aliphatic rings. The van der Waals surface area contributed by atoms with Crippen LogP contribution in [0.3, 0.4) is 0 Å². The SMILES string of the molecule is COC(=O)c1ccc(OCc2nc(-c3cccc(OC)c3)no2)cc1. The van der Waals surface area contributed by atoms with Crippen molar-refractivity contribution in [3.8, 4) is 22.9 Å². The molecule has 1 heterocycles. The lowest BCUT2D eigenvalue weighted by Crippen LogP contribution is -2.01. The average Bonchev–Trinajstić information content (AvgIpc) is 3.15. The van der Waals surface area contributed by atoms with Crippen LogP contribution in [0.1, 0.15) is 16.2 Å². The maximum absolute atomic E-state index is 11.4. The van der Waals surface area contributed by atoms with Crippen LogP contribution in [-0.2, 0) is 11.3 Å². The van der Waals surface area contributed by atoms with Crippen molar-refractivity contribution in [2.75, 3.05) is 14.2 Å². The van der Waals surface area contributed by atoms with E-state index >= 15 is 0 Å². The van der Waals surface area contributed by atoms with Gasteiger partial charge in [0, 0.05) is 5.56 Å². The van der Waals surface area contributed by atoms with Gasteiger partial charge in [-0.25, -0.2) is 4.79 Å². The maximum Gasteiger partial charge on any atom is 0.337 e. The molecule has 0 saturated heterocycles. The molecule has 0 bridgehead atoms. The van der Waals surface area contributed by atoms with Gasteiger partial charge in [0.15, 0.2) is 6.61 Å². The van der Waals surface area contributed by atoms with Crippen LogP contribution in [0.15, 0.2) is 53.1 Å². The van der Waals surface area contributed by atoms with E-state index in [1.807, 2.05) is 24.3 Å². The highest BCUT2D eigenvalue weighted by molar-refractivity contribution is 5.89. The molecule has 1 aromatic heterocycles. The highest BCUT2D eigenvalue weighted by Gasteiger charge is 2.10. The first-order chi connectivity index (χ1) is 12.2. The fourth-order valence-electron chi connectivity index (χ4n) is 2.14. The Balaban J connectivity index is 1.64. The van der Waals surface area contributed by atoms with Crippen LogP contribution < -0.4 is 9.47 Å². The van der Waals surface area contributed by atoms with Gasteiger partial charge in [0.1, 0.15) is 11.5 Å². The summed E-state index contributed by atoms with van der Waals surface area (Å²) in [5, 5.41) is 3.94. The number of nitrogens with zero attached hydrogens (tertiary/aromatic N) is 2. The molecule has 128 valence electrons. The third-order valence-electron chi connectivity index (χ3n) is 3.43. The van der Waals surface area contributed by atoms with Crippen LogP contribution in [0.25, 0.3) is 11.4 Å². The molecule has 0 radical (unpaired) electrons. The summed E-state index contributed by atoms with van der Waals surface area (Å²) >= 11 is 0. The van der Waals surface area contributed by atoms with Gasteiger partial charge in [0.25, 0.3) is 5.89 Å². The van der Waals surface area contributed by atoms with Crippen molar-refractivity contribution < 1.29 is 23.5 Å². The topological polar surface area (TPSA) is 83.7 Å². The number of rotatable bonds is 6. The Labute approximate surface area is 144 Å². The first kappa shape index (κ1) is 16.5. The summed E-state index contributed by atoms with van der Waals surface area (Å²) in [5.74, 6) is 1.69. The summed E-state index contributed by atoms with van der Waals surface area (Å²) in [6.45, 7) is 0.120. The highest BCUT2D eigenvalue weighted by Crippen LogP contribution is 2.21. The first-order valence-corrected chi connectivity index (χ1v) is 7.48. The van der Waals surface area contributed by atoms with Gasteiger partial charge in [0.05, 0.1) is 19.8 Å². The first-order valence-electron chi connectivity index (χ1n) is 7.48. The van der Waals surface area contributed by atoms with Gasteiger partial charge in [-0.05, 0) is 36.4 Å². The number of carbonyl (C=O) groups is 1. The summed E-state index contributed by atoms with van der Waals surface area (Å²) in [6.07, 6.45) is 0. The van der Waals surface area contributed by atoms with E-state index in [9.17, 15) is 4.79 Å². The van der Waals surface area contributed by atoms with Crippen LogP contribution in [0.4, 0.5) is 0 Å². The normalized spacial score (nSPS) is 10.3. The van der Waals surface area contributed by atoms with E-state index in [0.29, 0.717) is 28.8 Å². The molecule has 0 N–H and O–H groups in total. The minimum atomic E-state index is -0.397. The monoisotopic (exact) mass is 340 g/mol. The minimum Gasteiger partial charge on any atom is -0.497 e. The van der Waals surface area contributed by atoms with E-state index in [2.05, 4.69) is 14.9 Å². The predicted octanol–water partition coefficient (Wildman–Crippen LogP) is 3.11. The minimum absolute atomic E-state index is 0.120. The number of esters is 1. The smallest absolute Gasteiger partial charge is 0.337 e. The van der Waals surface area contributed by atoms with E-state index in [1.165, 1.54) is 7.11 Å². The molecule has 0 unspecified atom stereocenters. The molecular formula is C18H16N2O5. The van der Waals surface area contributed by atoms with E-state index in [-0.39, 0.29) is 6.61 Å². The molecule has 0 aliphatic heterocycles. The van der Waals surface area contributed by atoms with Crippen molar-refractivity contribution in [1.82, 2.24) is 10.1 Å². The van der Waals surface area contributed by atoms with Crippen molar-refractivity contribution in [2.45, 2.75) is 6.61 Å². The molecule has 7 nitrogen and oxygen atoms in total. The Morgan fingerprint density at radius 3 is 2.60 bits per heavy atom. The standard InChI is InChI=1S/C18H16N2O5/c1-22-15-5-3-4-13(10-15)17-19-16(25-20-17)11-24-14-8-6-12(7-9-14)18(21)23-2/h3-10H,11H2,1-2H3. The van der Waals surface area contributed by atoms with Crippen molar-refractivity contribution in [1.29, 1.82) is 0 Å². The average molecular weight is 340 g/mol. The van der Waals surface area contributed by atoms with Crippen molar-refractivity contribution in [3.63, 3.8) is 0 Å². The second-order valence-electron chi connectivity index (χ2n) is 5.05. The van der Waals surface area contributed by atoms with Crippen LogP contribution in [0, 0.1) is 0 Å². The lowest BCUT2D eigenvalue weighted by atomic mass is 10.2.